The highest BCUT2D eigenvalue weighted by Gasteiger charge is 2.09. The number of nitriles is 1. The lowest BCUT2D eigenvalue weighted by Gasteiger charge is -2.13. The van der Waals surface area contributed by atoms with E-state index in [1.54, 1.807) is 19.2 Å². The Kier molecular flexibility index (Phi) is 5.44. The van der Waals surface area contributed by atoms with Crippen LogP contribution < -0.4 is 15.2 Å². The van der Waals surface area contributed by atoms with Gasteiger partial charge in [0.2, 0.25) is 0 Å². The quantitative estimate of drug-likeness (QED) is 0.481. The monoisotopic (exact) mass is 254 g/mol. The van der Waals surface area contributed by atoms with Gasteiger partial charge in [-0.05, 0) is 18.1 Å². The Morgan fingerprint density at radius 2 is 2.18 bits per heavy atom. The third-order valence-electron chi connectivity index (χ3n) is 2.23. The van der Waals surface area contributed by atoms with Crippen molar-refractivity contribution in [3.05, 3.63) is 17.7 Å². The van der Waals surface area contributed by atoms with Crippen LogP contribution in [0.25, 0.3) is 0 Å². The number of nitrogens with two attached hydrogens (primary N) is 1. The van der Waals surface area contributed by atoms with Crippen LogP contribution in [-0.4, -0.2) is 19.6 Å². The number of benzene rings is 1. The number of ether oxygens (including phenoxy) is 2. The van der Waals surface area contributed by atoms with Gasteiger partial charge in [0.25, 0.3) is 0 Å². The van der Waals surface area contributed by atoms with E-state index in [0.29, 0.717) is 29.7 Å². The van der Waals surface area contributed by atoms with Crippen LogP contribution in [0.2, 0.25) is 0 Å². The highest BCUT2D eigenvalue weighted by molar-refractivity contribution is 6.17. The highest BCUT2D eigenvalue weighted by atomic mass is 35.5. The first-order chi connectivity index (χ1) is 8.22. The number of rotatable bonds is 6. The second-order valence-electron chi connectivity index (χ2n) is 3.43. The van der Waals surface area contributed by atoms with Gasteiger partial charge in [-0.2, -0.15) is 5.26 Å². The molecule has 0 amide bonds. The topological polar surface area (TPSA) is 68.3 Å². The van der Waals surface area contributed by atoms with Crippen molar-refractivity contribution in [2.24, 2.45) is 0 Å². The van der Waals surface area contributed by atoms with Crippen molar-refractivity contribution in [1.29, 1.82) is 5.26 Å². The fraction of sp³-hybridized carbons (Fsp3) is 0.417. The summed E-state index contributed by atoms with van der Waals surface area (Å²) in [6.45, 7) is 0.510. The largest absolute Gasteiger partial charge is 0.493 e. The lowest BCUT2D eigenvalue weighted by Crippen LogP contribution is -2.02. The molecule has 5 heteroatoms. The molecule has 92 valence electrons. The van der Waals surface area contributed by atoms with Gasteiger partial charge in [0.1, 0.15) is 0 Å². The summed E-state index contributed by atoms with van der Waals surface area (Å²) in [4.78, 5) is 0. The third kappa shape index (κ3) is 3.72. The minimum absolute atomic E-state index is 0.252. The summed E-state index contributed by atoms with van der Waals surface area (Å²) in [5.74, 6) is 1.71. The van der Waals surface area contributed by atoms with E-state index in [1.807, 2.05) is 0 Å². The fourth-order valence-corrected chi connectivity index (χ4v) is 1.47. The lowest BCUT2D eigenvalue weighted by molar-refractivity contribution is 0.295. The maximum Gasteiger partial charge on any atom is 0.162 e. The average Bonchev–Trinajstić information content (AvgIpc) is 2.33. The van der Waals surface area contributed by atoms with Crippen LogP contribution in [0.3, 0.4) is 0 Å². The van der Waals surface area contributed by atoms with Crippen molar-refractivity contribution in [3.63, 3.8) is 0 Å². The molecule has 1 aromatic carbocycles. The molecule has 0 spiro atoms. The van der Waals surface area contributed by atoms with Gasteiger partial charge in [-0.15, -0.1) is 11.6 Å². The van der Waals surface area contributed by atoms with E-state index in [0.717, 1.165) is 12.0 Å². The van der Waals surface area contributed by atoms with Gasteiger partial charge < -0.3 is 15.2 Å². The summed E-state index contributed by atoms with van der Waals surface area (Å²) in [7, 11) is 1.55. The maximum atomic E-state index is 8.68. The Bertz CT molecular complexity index is 416. The van der Waals surface area contributed by atoms with Crippen molar-refractivity contribution >= 4 is 17.3 Å². The smallest absolute Gasteiger partial charge is 0.162 e. The summed E-state index contributed by atoms with van der Waals surface area (Å²) in [5, 5.41) is 8.68. The molecule has 0 heterocycles. The van der Waals surface area contributed by atoms with Crippen molar-refractivity contribution < 1.29 is 9.47 Å². The molecule has 0 aliphatic carbocycles. The van der Waals surface area contributed by atoms with Crippen LogP contribution in [0.1, 0.15) is 12.0 Å². The first-order valence-electron chi connectivity index (χ1n) is 5.25. The molecule has 1 rings (SSSR count). The van der Waals surface area contributed by atoms with Crippen LogP contribution in [0.4, 0.5) is 5.69 Å². The van der Waals surface area contributed by atoms with Gasteiger partial charge in [-0.1, -0.05) is 0 Å². The second kappa shape index (κ2) is 6.87. The molecule has 0 aromatic heterocycles. The molecule has 0 aliphatic rings. The predicted octanol–water partition coefficient (Wildman–Crippen LogP) is 2.35. The van der Waals surface area contributed by atoms with E-state index in [1.165, 1.54) is 0 Å². The van der Waals surface area contributed by atoms with Gasteiger partial charge in [-0.3, -0.25) is 0 Å². The molecule has 1 aromatic rings. The normalized spacial score (nSPS) is 9.71. The molecule has 17 heavy (non-hydrogen) atoms. The molecule has 0 saturated carbocycles. The minimum Gasteiger partial charge on any atom is -0.493 e. The van der Waals surface area contributed by atoms with E-state index < -0.39 is 0 Å². The molecular weight excluding hydrogens is 240 g/mol. The van der Waals surface area contributed by atoms with E-state index in [-0.39, 0.29) is 6.42 Å². The zero-order valence-electron chi connectivity index (χ0n) is 9.70. The van der Waals surface area contributed by atoms with E-state index in [2.05, 4.69) is 6.07 Å². The van der Waals surface area contributed by atoms with Crippen LogP contribution in [0, 0.1) is 11.3 Å². The number of nitrogen functional groups attached to an aromatic ring is 1. The molecule has 0 aliphatic heterocycles. The van der Waals surface area contributed by atoms with Crippen molar-refractivity contribution in [2.45, 2.75) is 12.8 Å². The standard InChI is InChI=1S/C12H15ClN2O2/c1-16-11-8-10(15)9(3-5-14)7-12(11)17-6-2-4-13/h7-8H,2-4,6,15H2,1H3. The minimum atomic E-state index is 0.252. The van der Waals surface area contributed by atoms with Gasteiger partial charge in [-0.25, -0.2) is 0 Å². The van der Waals surface area contributed by atoms with Gasteiger partial charge in [0.05, 0.1) is 26.2 Å². The fourth-order valence-electron chi connectivity index (χ4n) is 1.37. The first kappa shape index (κ1) is 13.5. The highest BCUT2D eigenvalue weighted by Crippen LogP contribution is 2.32. The number of alkyl halides is 1. The molecule has 4 nitrogen and oxygen atoms in total. The Morgan fingerprint density at radius 3 is 2.76 bits per heavy atom. The average molecular weight is 255 g/mol. The first-order valence-corrected chi connectivity index (χ1v) is 5.78. The molecule has 0 bridgehead atoms. The third-order valence-corrected chi connectivity index (χ3v) is 2.50. The Labute approximate surface area is 106 Å². The molecule has 0 atom stereocenters. The number of nitrogens with zero attached hydrogens (tertiary/aromatic N) is 1. The summed E-state index contributed by atoms with van der Waals surface area (Å²) in [5.41, 5.74) is 7.08. The SMILES string of the molecule is COc1cc(N)c(CC#N)cc1OCCCCl. The summed E-state index contributed by atoms with van der Waals surface area (Å²) in [6.07, 6.45) is 1.00. The van der Waals surface area contributed by atoms with Crippen molar-refractivity contribution in [1.82, 2.24) is 0 Å². The summed E-state index contributed by atoms with van der Waals surface area (Å²) in [6, 6.07) is 5.47. The maximum absolute atomic E-state index is 8.68. The van der Waals surface area contributed by atoms with Crippen LogP contribution in [-0.2, 0) is 6.42 Å². The van der Waals surface area contributed by atoms with Gasteiger partial charge in [0.15, 0.2) is 11.5 Å². The van der Waals surface area contributed by atoms with Gasteiger partial charge in [0, 0.05) is 17.6 Å². The van der Waals surface area contributed by atoms with Crippen molar-refractivity contribution in [2.75, 3.05) is 25.3 Å². The molecule has 2 N–H and O–H groups in total. The number of halogens is 1. The Hall–Kier alpha value is -1.60. The second-order valence-corrected chi connectivity index (χ2v) is 3.81. The predicted molar refractivity (Wildman–Crippen MR) is 67.6 cm³/mol. The van der Waals surface area contributed by atoms with E-state index in [9.17, 15) is 0 Å². The number of hydrogen-bond donors (Lipinski definition) is 1. The lowest BCUT2D eigenvalue weighted by atomic mass is 10.1. The molecule has 0 unspecified atom stereocenters. The Balaban J connectivity index is 2.92. The molecule has 0 saturated heterocycles. The number of anilines is 1. The zero-order valence-corrected chi connectivity index (χ0v) is 10.5. The molecule has 0 fully saturated rings. The summed E-state index contributed by atoms with van der Waals surface area (Å²) < 4.78 is 10.7. The Morgan fingerprint density at radius 1 is 1.41 bits per heavy atom. The van der Waals surface area contributed by atoms with E-state index >= 15 is 0 Å². The zero-order chi connectivity index (χ0) is 12.7. The van der Waals surface area contributed by atoms with E-state index in [4.69, 9.17) is 32.1 Å². The molecular formula is C12H15ClN2O2. The van der Waals surface area contributed by atoms with Crippen molar-refractivity contribution in [3.8, 4) is 17.6 Å². The number of hydrogen-bond acceptors (Lipinski definition) is 4. The van der Waals surface area contributed by atoms with Crippen LogP contribution in [0.15, 0.2) is 12.1 Å². The summed E-state index contributed by atoms with van der Waals surface area (Å²) >= 11 is 5.57. The van der Waals surface area contributed by atoms with Crippen LogP contribution in [0.5, 0.6) is 11.5 Å². The molecule has 0 radical (unpaired) electrons. The van der Waals surface area contributed by atoms with Crippen LogP contribution >= 0.6 is 11.6 Å². The van der Waals surface area contributed by atoms with Gasteiger partial charge >= 0.3 is 0 Å². The number of methoxy groups -OCH3 is 1.